The largest absolute Gasteiger partial charge is 0.396 e. The number of hydrogen-bond donors (Lipinski definition) is 2. The lowest BCUT2D eigenvalue weighted by molar-refractivity contribution is 0.151. The molecule has 1 heterocycles. The van der Waals surface area contributed by atoms with E-state index in [4.69, 9.17) is 5.11 Å². The highest BCUT2D eigenvalue weighted by molar-refractivity contribution is 5.78. The molecule has 1 aromatic heterocycles. The van der Waals surface area contributed by atoms with Crippen LogP contribution in [0.1, 0.15) is 24.5 Å². The first-order valence-electron chi connectivity index (χ1n) is 5.45. The molecule has 0 amide bonds. The number of benzene rings is 1. The molecule has 2 aromatic rings. The summed E-state index contributed by atoms with van der Waals surface area (Å²) in [7, 11) is 0. The van der Waals surface area contributed by atoms with Crippen LogP contribution in [-0.2, 0) is 0 Å². The van der Waals surface area contributed by atoms with E-state index in [0.717, 1.165) is 16.5 Å². The van der Waals surface area contributed by atoms with Crippen LogP contribution in [0.5, 0.6) is 0 Å². The van der Waals surface area contributed by atoms with Gasteiger partial charge in [0.15, 0.2) is 0 Å². The summed E-state index contributed by atoms with van der Waals surface area (Å²) in [4.78, 5) is 4.29. The number of para-hydroxylation sites is 1. The van der Waals surface area contributed by atoms with Gasteiger partial charge in [0, 0.05) is 18.2 Å². The molecule has 3 heteroatoms. The predicted molar refractivity (Wildman–Crippen MR) is 63.0 cm³/mol. The molecule has 1 unspecified atom stereocenters. The van der Waals surface area contributed by atoms with Gasteiger partial charge in [-0.3, -0.25) is 4.98 Å². The lowest BCUT2D eigenvalue weighted by Crippen LogP contribution is -1.99. The number of nitrogens with zero attached hydrogens (tertiary/aromatic N) is 1. The third-order valence-electron chi connectivity index (χ3n) is 2.63. The molecule has 0 radical (unpaired) electrons. The van der Waals surface area contributed by atoms with Crippen LogP contribution in [0, 0.1) is 0 Å². The van der Waals surface area contributed by atoms with Gasteiger partial charge < -0.3 is 10.2 Å². The number of pyridine rings is 1. The van der Waals surface area contributed by atoms with E-state index >= 15 is 0 Å². The Morgan fingerprint density at radius 2 is 2.06 bits per heavy atom. The zero-order valence-corrected chi connectivity index (χ0v) is 9.00. The average Bonchev–Trinajstić information content (AvgIpc) is 2.35. The fraction of sp³-hybridized carbons (Fsp3) is 0.308. The lowest BCUT2D eigenvalue weighted by atomic mass is 10.1. The SMILES string of the molecule is OCCCC(O)c1cnc2ccccc2c1. The van der Waals surface area contributed by atoms with Gasteiger partial charge in [0.2, 0.25) is 0 Å². The molecule has 2 N–H and O–H groups in total. The van der Waals surface area contributed by atoms with E-state index in [1.807, 2.05) is 30.3 Å². The van der Waals surface area contributed by atoms with E-state index < -0.39 is 6.10 Å². The van der Waals surface area contributed by atoms with Crippen molar-refractivity contribution >= 4 is 10.9 Å². The molecule has 0 aliphatic carbocycles. The van der Waals surface area contributed by atoms with E-state index in [-0.39, 0.29) is 6.61 Å². The van der Waals surface area contributed by atoms with Crippen molar-refractivity contribution < 1.29 is 10.2 Å². The summed E-state index contributed by atoms with van der Waals surface area (Å²) in [6.07, 6.45) is 2.33. The van der Waals surface area contributed by atoms with Crippen molar-refractivity contribution in [2.45, 2.75) is 18.9 Å². The van der Waals surface area contributed by atoms with Crippen molar-refractivity contribution in [1.82, 2.24) is 4.98 Å². The van der Waals surface area contributed by atoms with Gasteiger partial charge in [-0.15, -0.1) is 0 Å². The molecular weight excluding hydrogens is 202 g/mol. The number of hydrogen-bond acceptors (Lipinski definition) is 3. The second kappa shape index (κ2) is 5.05. The van der Waals surface area contributed by atoms with Crippen LogP contribution >= 0.6 is 0 Å². The third-order valence-corrected chi connectivity index (χ3v) is 2.63. The monoisotopic (exact) mass is 217 g/mol. The topological polar surface area (TPSA) is 53.4 Å². The number of aliphatic hydroxyl groups excluding tert-OH is 2. The molecular formula is C13H15NO2. The zero-order chi connectivity index (χ0) is 11.4. The number of aliphatic hydroxyl groups is 2. The highest BCUT2D eigenvalue weighted by atomic mass is 16.3. The first-order valence-corrected chi connectivity index (χ1v) is 5.45. The van der Waals surface area contributed by atoms with E-state index in [1.54, 1.807) is 6.20 Å². The molecule has 2 rings (SSSR count). The van der Waals surface area contributed by atoms with Crippen LogP contribution in [0.4, 0.5) is 0 Å². The first kappa shape index (κ1) is 11.0. The van der Waals surface area contributed by atoms with Gasteiger partial charge in [0.25, 0.3) is 0 Å². The second-order valence-corrected chi connectivity index (χ2v) is 3.84. The normalized spacial score (nSPS) is 12.9. The number of aromatic nitrogens is 1. The Labute approximate surface area is 94.4 Å². The minimum atomic E-state index is -0.538. The summed E-state index contributed by atoms with van der Waals surface area (Å²) < 4.78 is 0. The molecule has 0 aliphatic heterocycles. The van der Waals surface area contributed by atoms with Crippen molar-refractivity contribution in [3.05, 3.63) is 42.1 Å². The minimum Gasteiger partial charge on any atom is -0.396 e. The van der Waals surface area contributed by atoms with Gasteiger partial charge in [-0.2, -0.15) is 0 Å². The van der Waals surface area contributed by atoms with Gasteiger partial charge in [-0.05, 0) is 30.5 Å². The fourth-order valence-corrected chi connectivity index (χ4v) is 1.72. The first-order chi connectivity index (χ1) is 7.81. The Morgan fingerprint density at radius 3 is 2.88 bits per heavy atom. The Balaban J connectivity index is 2.25. The van der Waals surface area contributed by atoms with Gasteiger partial charge in [0.05, 0.1) is 11.6 Å². The predicted octanol–water partition coefficient (Wildman–Crippen LogP) is 2.04. The van der Waals surface area contributed by atoms with Gasteiger partial charge in [0.1, 0.15) is 0 Å². The molecule has 1 aromatic carbocycles. The van der Waals surface area contributed by atoms with E-state index in [2.05, 4.69) is 4.98 Å². The molecule has 16 heavy (non-hydrogen) atoms. The summed E-state index contributed by atoms with van der Waals surface area (Å²) >= 11 is 0. The Morgan fingerprint density at radius 1 is 1.25 bits per heavy atom. The highest BCUT2D eigenvalue weighted by Gasteiger charge is 2.07. The Bertz CT molecular complexity index is 470. The molecule has 1 atom stereocenters. The van der Waals surface area contributed by atoms with Crippen LogP contribution in [-0.4, -0.2) is 21.8 Å². The highest BCUT2D eigenvalue weighted by Crippen LogP contribution is 2.21. The number of rotatable bonds is 4. The van der Waals surface area contributed by atoms with Gasteiger partial charge in [-0.1, -0.05) is 18.2 Å². The molecule has 0 aliphatic rings. The summed E-state index contributed by atoms with van der Waals surface area (Å²) in [6.45, 7) is 0.109. The van der Waals surface area contributed by atoms with Crippen molar-refractivity contribution in [2.24, 2.45) is 0 Å². The molecule has 84 valence electrons. The summed E-state index contributed by atoms with van der Waals surface area (Å²) in [6, 6.07) is 9.76. The average molecular weight is 217 g/mol. The van der Waals surface area contributed by atoms with Crippen molar-refractivity contribution in [2.75, 3.05) is 6.61 Å². The summed E-state index contributed by atoms with van der Waals surface area (Å²) in [5.41, 5.74) is 1.74. The maximum atomic E-state index is 9.86. The fourth-order valence-electron chi connectivity index (χ4n) is 1.72. The smallest absolute Gasteiger partial charge is 0.0806 e. The maximum Gasteiger partial charge on any atom is 0.0806 e. The Kier molecular flexibility index (Phi) is 3.49. The van der Waals surface area contributed by atoms with Crippen molar-refractivity contribution in [1.29, 1.82) is 0 Å². The quantitative estimate of drug-likeness (QED) is 0.824. The molecule has 0 saturated carbocycles. The van der Waals surface area contributed by atoms with Crippen molar-refractivity contribution in [3.63, 3.8) is 0 Å². The maximum absolute atomic E-state index is 9.86. The van der Waals surface area contributed by atoms with E-state index in [1.165, 1.54) is 0 Å². The zero-order valence-electron chi connectivity index (χ0n) is 9.00. The summed E-state index contributed by atoms with van der Waals surface area (Å²) in [5, 5.41) is 19.6. The second-order valence-electron chi connectivity index (χ2n) is 3.84. The Hall–Kier alpha value is -1.45. The van der Waals surface area contributed by atoms with Crippen LogP contribution in [0.2, 0.25) is 0 Å². The lowest BCUT2D eigenvalue weighted by Gasteiger charge is -2.10. The third kappa shape index (κ3) is 2.38. The van der Waals surface area contributed by atoms with Crippen LogP contribution < -0.4 is 0 Å². The molecule has 0 spiro atoms. The molecule has 0 bridgehead atoms. The molecule has 0 saturated heterocycles. The van der Waals surface area contributed by atoms with E-state index in [0.29, 0.717) is 12.8 Å². The van der Waals surface area contributed by atoms with Gasteiger partial charge in [-0.25, -0.2) is 0 Å². The van der Waals surface area contributed by atoms with Crippen LogP contribution in [0.25, 0.3) is 10.9 Å². The van der Waals surface area contributed by atoms with Crippen molar-refractivity contribution in [3.8, 4) is 0 Å². The molecule has 3 nitrogen and oxygen atoms in total. The van der Waals surface area contributed by atoms with Crippen LogP contribution in [0.3, 0.4) is 0 Å². The summed E-state index contributed by atoms with van der Waals surface area (Å²) in [5.74, 6) is 0. The van der Waals surface area contributed by atoms with Crippen LogP contribution in [0.15, 0.2) is 36.5 Å². The number of fused-ring (bicyclic) bond motifs is 1. The minimum absolute atomic E-state index is 0.109. The van der Waals surface area contributed by atoms with E-state index in [9.17, 15) is 5.11 Å². The van der Waals surface area contributed by atoms with Gasteiger partial charge >= 0.3 is 0 Å². The molecule has 0 fully saturated rings. The standard InChI is InChI=1S/C13H15NO2/c15-7-3-6-13(16)11-8-10-4-1-2-5-12(10)14-9-11/h1-2,4-5,8-9,13,15-16H,3,6-7H2.